The van der Waals surface area contributed by atoms with Gasteiger partial charge in [-0.2, -0.15) is 0 Å². The average Bonchev–Trinajstić information content (AvgIpc) is 2.12. The topological polar surface area (TPSA) is 55.4 Å². The van der Waals surface area contributed by atoms with Gasteiger partial charge >= 0.3 is 5.97 Å². The van der Waals surface area contributed by atoms with Crippen molar-refractivity contribution in [1.29, 1.82) is 0 Å². The molecule has 0 saturated carbocycles. The molecule has 0 aliphatic heterocycles. The Morgan fingerprint density at radius 1 is 1.38 bits per heavy atom. The molecule has 1 N–H and O–H groups in total. The molecule has 0 fully saturated rings. The van der Waals surface area contributed by atoms with Crippen molar-refractivity contribution in [2.75, 3.05) is 19.5 Å². The Kier molecular flexibility index (Phi) is 7.39. The largest absolute Gasteiger partial charge is 0.469 e. The molecule has 76 valence electrons. The minimum Gasteiger partial charge on any atom is -0.469 e. The summed E-state index contributed by atoms with van der Waals surface area (Å²) < 4.78 is 4.43. The predicted molar refractivity (Wildman–Crippen MR) is 49.6 cm³/mol. The lowest BCUT2D eigenvalue weighted by Crippen LogP contribution is -2.24. The van der Waals surface area contributed by atoms with Crippen LogP contribution in [0.1, 0.15) is 19.3 Å². The van der Waals surface area contributed by atoms with Gasteiger partial charge in [-0.15, -0.1) is 11.6 Å². The molecule has 4 nitrogen and oxygen atoms in total. The van der Waals surface area contributed by atoms with E-state index in [0.717, 1.165) is 0 Å². The molecule has 0 aromatic carbocycles. The molecule has 0 bridgehead atoms. The van der Waals surface area contributed by atoms with Gasteiger partial charge in [0, 0.05) is 25.3 Å². The zero-order valence-electron chi connectivity index (χ0n) is 7.64. The lowest BCUT2D eigenvalue weighted by Gasteiger charge is -2.02. The van der Waals surface area contributed by atoms with Gasteiger partial charge in [-0.25, -0.2) is 0 Å². The molecule has 0 atom stereocenters. The highest BCUT2D eigenvalue weighted by Gasteiger charge is 2.01. The Bertz CT molecular complexity index is 173. The van der Waals surface area contributed by atoms with E-state index in [1.165, 1.54) is 7.11 Å². The Morgan fingerprint density at radius 2 is 2.08 bits per heavy atom. The van der Waals surface area contributed by atoms with Gasteiger partial charge in [-0.3, -0.25) is 9.59 Å². The van der Waals surface area contributed by atoms with Crippen molar-refractivity contribution in [3.63, 3.8) is 0 Å². The summed E-state index contributed by atoms with van der Waals surface area (Å²) in [5.41, 5.74) is 0. The second-order valence-electron chi connectivity index (χ2n) is 2.47. The molecular formula is C8H14ClNO3. The van der Waals surface area contributed by atoms with Gasteiger partial charge in [0.2, 0.25) is 5.91 Å². The molecule has 0 spiro atoms. The molecule has 0 saturated heterocycles. The molecular weight excluding hydrogens is 194 g/mol. The number of carbonyl (C=O) groups is 2. The average molecular weight is 208 g/mol. The Hall–Kier alpha value is -0.770. The van der Waals surface area contributed by atoms with Gasteiger partial charge in [0.1, 0.15) is 0 Å². The maximum atomic E-state index is 10.8. The van der Waals surface area contributed by atoms with Crippen LogP contribution in [-0.4, -0.2) is 31.4 Å². The van der Waals surface area contributed by atoms with Gasteiger partial charge in [0.15, 0.2) is 0 Å². The van der Waals surface area contributed by atoms with Crippen LogP contribution in [0.15, 0.2) is 0 Å². The highest BCUT2D eigenvalue weighted by atomic mass is 35.5. The molecule has 0 rings (SSSR count). The quantitative estimate of drug-likeness (QED) is 0.396. The van der Waals surface area contributed by atoms with Crippen molar-refractivity contribution in [1.82, 2.24) is 5.32 Å². The van der Waals surface area contributed by atoms with Crippen molar-refractivity contribution < 1.29 is 14.3 Å². The first-order chi connectivity index (χ1) is 6.20. The van der Waals surface area contributed by atoms with Gasteiger partial charge in [0.05, 0.1) is 7.11 Å². The van der Waals surface area contributed by atoms with Crippen LogP contribution in [0.3, 0.4) is 0 Å². The van der Waals surface area contributed by atoms with Crippen molar-refractivity contribution in [3.8, 4) is 0 Å². The number of halogens is 1. The van der Waals surface area contributed by atoms with E-state index >= 15 is 0 Å². The molecule has 5 heteroatoms. The van der Waals surface area contributed by atoms with Crippen molar-refractivity contribution in [2.24, 2.45) is 0 Å². The summed E-state index contributed by atoms with van der Waals surface area (Å²) >= 11 is 5.35. The van der Waals surface area contributed by atoms with Gasteiger partial charge in [-0.05, 0) is 6.42 Å². The number of carbonyl (C=O) groups excluding carboxylic acids is 2. The molecule has 0 aromatic heterocycles. The molecule has 0 heterocycles. The predicted octanol–water partition coefficient (Wildman–Crippen LogP) is 0.685. The molecule has 0 aliphatic rings. The monoisotopic (exact) mass is 207 g/mol. The second-order valence-corrected chi connectivity index (χ2v) is 2.85. The fraction of sp³-hybridized carbons (Fsp3) is 0.750. The number of alkyl halides is 1. The van der Waals surface area contributed by atoms with E-state index in [0.29, 0.717) is 31.7 Å². The SMILES string of the molecule is COC(=O)CCCNC(=O)CCCl. The summed E-state index contributed by atoms with van der Waals surface area (Å²) in [4.78, 5) is 21.5. The van der Waals surface area contributed by atoms with Gasteiger partial charge in [0.25, 0.3) is 0 Å². The summed E-state index contributed by atoms with van der Waals surface area (Å²) in [6, 6.07) is 0. The number of ether oxygens (including phenoxy) is 1. The van der Waals surface area contributed by atoms with Crippen LogP contribution in [0.4, 0.5) is 0 Å². The second kappa shape index (κ2) is 7.86. The lowest BCUT2D eigenvalue weighted by molar-refractivity contribution is -0.140. The Balaban J connectivity index is 3.25. The van der Waals surface area contributed by atoms with Crippen molar-refractivity contribution >= 4 is 23.5 Å². The first kappa shape index (κ1) is 12.2. The molecule has 1 amide bonds. The first-order valence-corrected chi connectivity index (χ1v) is 4.63. The number of methoxy groups -OCH3 is 1. The molecule has 0 aromatic rings. The van der Waals surface area contributed by atoms with Crippen LogP contribution >= 0.6 is 11.6 Å². The van der Waals surface area contributed by atoms with Crippen LogP contribution in [0.5, 0.6) is 0 Å². The van der Waals surface area contributed by atoms with Crippen molar-refractivity contribution in [3.05, 3.63) is 0 Å². The number of nitrogens with one attached hydrogen (secondary N) is 1. The van der Waals surface area contributed by atoms with Crippen LogP contribution in [-0.2, 0) is 14.3 Å². The summed E-state index contributed by atoms with van der Waals surface area (Å²) in [6.45, 7) is 0.491. The van der Waals surface area contributed by atoms with Gasteiger partial charge in [-0.1, -0.05) is 0 Å². The number of rotatable bonds is 6. The first-order valence-electron chi connectivity index (χ1n) is 4.10. The lowest BCUT2D eigenvalue weighted by atomic mass is 10.3. The third-order valence-electron chi connectivity index (χ3n) is 1.43. The highest BCUT2D eigenvalue weighted by molar-refractivity contribution is 6.18. The third kappa shape index (κ3) is 7.59. The normalized spacial score (nSPS) is 9.38. The molecule has 0 aliphatic carbocycles. The van der Waals surface area contributed by atoms with E-state index in [-0.39, 0.29) is 11.9 Å². The van der Waals surface area contributed by atoms with E-state index in [1.807, 2.05) is 0 Å². The molecule has 0 unspecified atom stereocenters. The van der Waals surface area contributed by atoms with Crippen LogP contribution < -0.4 is 5.32 Å². The highest BCUT2D eigenvalue weighted by Crippen LogP contribution is 1.90. The standard InChI is InChI=1S/C8H14ClNO3/c1-13-8(12)3-2-6-10-7(11)4-5-9/h2-6H2,1H3,(H,10,11). The number of hydrogen-bond acceptors (Lipinski definition) is 3. The fourth-order valence-electron chi connectivity index (χ4n) is 0.737. The molecule has 0 radical (unpaired) electrons. The minimum atomic E-state index is -0.258. The Morgan fingerprint density at radius 3 is 2.62 bits per heavy atom. The fourth-order valence-corrected chi connectivity index (χ4v) is 0.908. The van der Waals surface area contributed by atoms with Crippen molar-refractivity contribution in [2.45, 2.75) is 19.3 Å². The summed E-state index contributed by atoms with van der Waals surface area (Å²) in [5.74, 6) is -0.0190. The Labute approximate surface area is 82.6 Å². The van der Waals surface area contributed by atoms with Crippen LogP contribution in [0, 0.1) is 0 Å². The maximum absolute atomic E-state index is 10.8. The van der Waals surface area contributed by atoms with Crippen LogP contribution in [0.2, 0.25) is 0 Å². The van der Waals surface area contributed by atoms with Crippen LogP contribution in [0.25, 0.3) is 0 Å². The van der Waals surface area contributed by atoms with E-state index in [9.17, 15) is 9.59 Å². The van der Waals surface area contributed by atoms with E-state index in [1.54, 1.807) is 0 Å². The van der Waals surface area contributed by atoms with Gasteiger partial charge < -0.3 is 10.1 Å². The molecule has 13 heavy (non-hydrogen) atoms. The summed E-state index contributed by atoms with van der Waals surface area (Å²) in [5, 5.41) is 2.63. The third-order valence-corrected chi connectivity index (χ3v) is 1.62. The van der Waals surface area contributed by atoms with E-state index in [4.69, 9.17) is 11.6 Å². The smallest absolute Gasteiger partial charge is 0.305 e. The van der Waals surface area contributed by atoms with E-state index < -0.39 is 0 Å². The van der Waals surface area contributed by atoms with E-state index in [2.05, 4.69) is 10.1 Å². The number of amides is 1. The summed E-state index contributed by atoms with van der Waals surface area (Å²) in [7, 11) is 1.34. The maximum Gasteiger partial charge on any atom is 0.305 e. The number of hydrogen-bond donors (Lipinski definition) is 1. The number of esters is 1. The minimum absolute atomic E-state index is 0.0835. The summed E-state index contributed by atoms with van der Waals surface area (Å²) in [6.07, 6.45) is 1.25. The zero-order valence-corrected chi connectivity index (χ0v) is 8.39. The zero-order chi connectivity index (χ0) is 10.1.